The number of nitriles is 1. The van der Waals surface area contributed by atoms with Gasteiger partial charge in [0, 0.05) is 7.05 Å². The summed E-state index contributed by atoms with van der Waals surface area (Å²) in [5.74, 6) is 0. The lowest BCUT2D eigenvalue weighted by Crippen LogP contribution is -2.34. The van der Waals surface area contributed by atoms with Gasteiger partial charge < -0.3 is 9.47 Å². The van der Waals surface area contributed by atoms with E-state index in [1.165, 1.54) is 23.5 Å². The number of hydrogen-bond acceptors (Lipinski definition) is 5. The zero-order valence-electron chi connectivity index (χ0n) is 10.4. The SMILES string of the molecule is CN(CC1OCCO1)S(=O)(=O)c1cccc(C#N)c1. The summed E-state index contributed by atoms with van der Waals surface area (Å²) in [6.45, 7) is 1.07. The van der Waals surface area contributed by atoms with Crippen molar-refractivity contribution in [2.24, 2.45) is 0 Å². The van der Waals surface area contributed by atoms with Crippen LogP contribution in [0.5, 0.6) is 0 Å². The van der Waals surface area contributed by atoms with Crippen LogP contribution in [0.4, 0.5) is 0 Å². The van der Waals surface area contributed by atoms with Crippen molar-refractivity contribution in [1.29, 1.82) is 5.26 Å². The number of rotatable bonds is 4. The molecule has 0 aliphatic carbocycles. The van der Waals surface area contributed by atoms with Crippen molar-refractivity contribution >= 4 is 10.0 Å². The lowest BCUT2D eigenvalue weighted by Gasteiger charge is -2.20. The number of nitrogens with zero attached hydrogens (tertiary/aromatic N) is 2. The summed E-state index contributed by atoms with van der Waals surface area (Å²) in [6.07, 6.45) is -0.529. The highest BCUT2D eigenvalue weighted by Gasteiger charge is 2.26. The van der Waals surface area contributed by atoms with Crippen molar-refractivity contribution in [2.75, 3.05) is 26.8 Å². The molecule has 0 spiro atoms. The van der Waals surface area contributed by atoms with E-state index in [0.29, 0.717) is 18.8 Å². The number of ether oxygens (including phenoxy) is 2. The minimum atomic E-state index is -3.64. The standard InChI is InChI=1S/C12H14N2O4S/c1-14(9-12-17-5-6-18-12)19(15,16)11-4-2-3-10(7-11)8-13/h2-4,7,12H,5-6,9H2,1H3. The lowest BCUT2D eigenvalue weighted by atomic mass is 10.2. The van der Waals surface area contributed by atoms with Gasteiger partial charge in [0.2, 0.25) is 10.0 Å². The Hall–Kier alpha value is -1.46. The van der Waals surface area contributed by atoms with Gasteiger partial charge in [0.05, 0.1) is 36.3 Å². The predicted molar refractivity (Wildman–Crippen MR) is 66.7 cm³/mol. The molecule has 1 aromatic rings. The molecule has 1 saturated heterocycles. The van der Waals surface area contributed by atoms with Crippen LogP contribution in [0.1, 0.15) is 5.56 Å². The van der Waals surface area contributed by atoms with Gasteiger partial charge in [-0.2, -0.15) is 9.57 Å². The molecule has 1 fully saturated rings. The molecule has 0 aromatic heterocycles. The van der Waals surface area contributed by atoms with E-state index >= 15 is 0 Å². The van der Waals surface area contributed by atoms with Crippen LogP contribution in [0.2, 0.25) is 0 Å². The highest BCUT2D eigenvalue weighted by atomic mass is 32.2. The molecule has 6 nitrogen and oxygen atoms in total. The lowest BCUT2D eigenvalue weighted by molar-refractivity contribution is -0.0482. The Bertz CT molecular complexity index is 588. The first-order chi connectivity index (χ1) is 9.04. The van der Waals surface area contributed by atoms with Gasteiger partial charge in [-0.15, -0.1) is 0 Å². The van der Waals surface area contributed by atoms with E-state index < -0.39 is 16.3 Å². The average Bonchev–Trinajstić information content (AvgIpc) is 2.91. The van der Waals surface area contributed by atoms with E-state index in [1.807, 2.05) is 6.07 Å². The van der Waals surface area contributed by atoms with E-state index in [0.717, 1.165) is 0 Å². The Kier molecular flexibility index (Phi) is 4.17. The fourth-order valence-corrected chi connectivity index (χ4v) is 2.93. The molecule has 7 heteroatoms. The second kappa shape index (κ2) is 5.67. The first-order valence-electron chi connectivity index (χ1n) is 5.74. The van der Waals surface area contributed by atoms with E-state index in [9.17, 15) is 8.42 Å². The van der Waals surface area contributed by atoms with Crippen LogP contribution in [-0.4, -0.2) is 45.8 Å². The van der Waals surface area contributed by atoms with Gasteiger partial charge in [0.25, 0.3) is 0 Å². The molecule has 0 unspecified atom stereocenters. The molecular formula is C12H14N2O4S. The van der Waals surface area contributed by atoms with Crippen molar-refractivity contribution in [3.8, 4) is 6.07 Å². The predicted octanol–water partition coefficient (Wildman–Crippen LogP) is 0.552. The van der Waals surface area contributed by atoms with Gasteiger partial charge in [-0.3, -0.25) is 0 Å². The van der Waals surface area contributed by atoms with Crippen LogP contribution in [0.3, 0.4) is 0 Å². The Morgan fingerprint density at radius 3 is 2.74 bits per heavy atom. The molecule has 1 aromatic carbocycles. The van der Waals surface area contributed by atoms with Crippen LogP contribution in [-0.2, 0) is 19.5 Å². The maximum Gasteiger partial charge on any atom is 0.243 e. The molecule has 0 saturated carbocycles. The topological polar surface area (TPSA) is 79.6 Å². The molecule has 0 atom stereocenters. The van der Waals surface area contributed by atoms with E-state index in [2.05, 4.69) is 0 Å². The second-order valence-electron chi connectivity index (χ2n) is 4.10. The third-order valence-corrected chi connectivity index (χ3v) is 4.59. The Labute approximate surface area is 112 Å². The van der Waals surface area contributed by atoms with E-state index in [-0.39, 0.29) is 11.4 Å². The summed E-state index contributed by atoms with van der Waals surface area (Å²) in [6, 6.07) is 7.83. The molecule has 19 heavy (non-hydrogen) atoms. The number of likely N-dealkylation sites (N-methyl/N-ethyl adjacent to an activating group) is 1. The van der Waals surface area contributed by atoms with Crippen LogP contribution < -0.4 is 0 Å². The second-order valence-corrected chi connectivity index (χ2v) is 6.14. The van der Waals surface area contributed by atoms with Crippen molar-refractivity contribution < 1.29 is 17.9 Å². The van der Waals surface area contributed by atoms with Crippen LogP contribution in [0, 0.1) is 11.3 Å². The molecular weight excluding hydrogens is 268 g/mol. The quantitative estimate of drug-likeness (QED) is 0.805. The highest BCUT2D eigenvalue weighted by Crippen LogP contribution is 2.17. The molecule has 0 N–H and O–H groups in total. The monoisotopic (exact) mass is 282 g/mol. The smallest absolute Gasteiger partial charge is 0.243 e. The van der Waals surface area contributed by atoms with Crippen molar-refractivity contribution in [3.05, 3.63) is 29.8 Å². The first-order valence-corrected chi connectivity index (χ1v) is 7.18. The van der Waals surface area contributed by atoms with Crippen LogP contribution in [0.25, 0.3) is 0 Å². The zero-order valence-corrected chi connectivity index (χ0v) is 11.3. The fourth-order valence-electron chi connectivity index (χ4n) is 1.73. The summed E-state index contributed by atoms with van der Waals surface area (Å²) in [7, 11) is -2.18. The van der Waals surface area contributed by atoms with Gasteiger partial charge in [0.1, 0.15) is 0 Å². The normalized spacial score (nSPS) is 16.7. The minimum Gasteiger partial charge on any atom is -0.349 e. The minimum absolute atomic E-state index is 0.0899. The summed E-state index contributed by atoms with van der Waals surface area (Å²) < 4.78 is 36.2. The van der Waals surface area contributed by atoms with Crippen LogP contribution in [0.15, 0.2) is 29.2 Å². The summed E-state index contributed by atoms with van der Waals surface area (Å²) >= 11 is 0. The van der Waals surface area contributed by atoms with Crippen molar-refractivity contribution in [1.82, 2.24) is 4.31 Å². The Morgan fingerprint density at radius 2 is 2.11 bits per heavy atom. The van der Waals surface area contributed by atoms with Crippen LogP contribution >= 0.6 is 0 Å². The van der Waals surface area contributed by atoms with Crippen molar-refractivity contribution in [3.63, 3.8) is 0 Å². The van der Waals surface area contributed by atoms with Gasteiger partial charge in [-0.25, -0.2) is 8.42 Å². The largest absolute Gasteiger partial charge is 0.349 e. The number of benzene rings is 1. The maximum atomic E-state index is 12.3. The fraction of sp³-hybridized carbons (Fsp3) is 0.417. The van der Waals surface area contributed by atoms with E-state index in [1.54, 1.807) is 12.1 Å². The third kappa shape index (κ3) is 3.11. The van der Waals surface area contributed by atoms with Crippen molar-refractivity contribution in [2.45, 2.75) is 11.2 Å². The maximum absolute atomic E-state index is 12.3. The molecule has 2 rings (SSSR count). The summed E-state index contributed by atoms with van der Waals surface area (Å²) in [4.78, 5) is 0.0899. The summed E-state index contributed by atoms with van der Waals surface area (Å²) in [5, 5.41) is 8.80. The first kappa shape index (κ1) is 14.0. The van der Waals surface area contributed by atoms with Gasteiger partial charge in [-0.05, 0) is 18.2 Å². The van der Waals surface area contributed by atoms with Gasteiger partial charge >= 0.3 is 0 Å². The third-order valence-electron chi connectivity index (χ3n) is 2.77. The number of sulfonamides is 1. The zero-order chi connectivity index (χ0) is 13.9. The van der Waals surface area contributed by atoms with E-state index in [4.69, 9.17) is 14.7 Å². The average molecular weight is 282 g/mol. The molecule has 0 radical (unpaired) electrons. The molecule has 1 aliphatic heterocycles. The Morgan fingerprint density at radius 1 is 1.42 bits per heavy atom. The molecule has 102 valence electrons. The highest BCUT2D eigenvalue weighted by molar-refractivity contribution is 7.89. The summed E-state index contributed by atoms with van der Waals surface area (Å²) in [5.41, 5.74) is 0.308. The molecule has 1 heterocycles. The molecule has 1 aliphatic rings. The van der Waals surface area contributed by atoms with Gasteiger partial charge in [0.15, 0.2) is 6.29 Å². The number of hydrogen-bond donors (Lipinski definition) is 0. The Balaban J connectivity index is 2.18. The molecule has 0 amide bonds. The van der Waals surface area contributed by atoms with Gasteiger partial charge in [-0.1, -0.05) is 6.07 Å². The molecule has 0 bridgehead atoms.